The minimum Gasteiger partial charge on any atom is -0.481 e. The number of benzene rings is 3. The van der Waals surface area contributed by atoms with Gasteiger partial charge in [0.25, 0.3) is 11.8 Å². The number of hydrogen-bond acceptors (Lipinski definition) is 4. The van der Waals surface area contributed by atoms with Crippen molar-refractivity contribution in [3.63, 3.8) is 0 Å². The second kappa shape index (κ2) is 11.8. The van der Waals surface area contributed by atoms with Gasteiger partial charge in [0.1, 0.15) is 17.4 Å². The molecule has 0 heterocycles. The zero-order valence-electron chi connectivity index (χ0n) is 19.4. The van der Waals surface area contributed by atoms with Crippen LogP contribution in [0, 0.1) is 32.1 Å². The third kappa shape index (κ3) is 7.04. The van der Waals surface area contributed by atoms with Crippen LogP contribution < -0.4 is 15.4 Å². The summed E-state index contributed by atoms with van der Waals surface area (Å²) in [5.74, 6) is -0.366. The van der Waals surface area contributed by atoms with Gasteiger partial charge >= 0.3 is 0 Å². The Hall–Kier alpha value is -3.41. The number of aryl methyl sites for hydroxylation is 2. The molecule has 0 aliphatic carbocycles. The molecular weight excluding hydrogens is 574 g/mol. The fourth-order valence-electron chi connectivity index (χ4n) is 3.25. The van der Waals surface area contributed by atoms with Gasteiger partial charge in [0.2, 0.25) is 0 Å². The van der Waals surface area contributed by atoms with Crippen molar-refractivity contribution >= 4 is 61.1 Å². The molecule has 3 aromatic carbocycles. The highest BCUT2D eigenvalue weighted by Crippen LogP contribution is 2.35. The monoisotopic (exact) mass is 595 g/mol. The summed E-state index contributed by atoms with van der Waals surface area (Å²) in [6.45, 7) is 5.62. The van der Waals surface area contributed by atoms with E-state index in [0.29, 0.717) is 31.6 Å². The van der Waals surface area contributed by atoms with E-state index in [1.807, 2.05) is 57.2 Å². The molecule has 0 aliphatic rings. The van der Waals surface area contributed by atoms with Crippen molar-refractivity contribution < 1.29 is 14.3 Å². The van der Waals surface area contributed by atoms with E-state index in [4.69, 9.17) is 4.74 Å². The van der Waals surface area contributed by atoms with Crippen molar-refractivity contribution in [1.29, 1.82) is 5.26 Å². The zero-order valence-corrected chi connectivity index (χ0v) is 22.6. The molecule has 8 heteroatoms. The van der Waals surface area contributed by atoms with Crippen molar-refractivity contribution in [2.24, 2.45) is 0 Å². The van der Waals surface area contributed by atoms with Gasteiger partial charge in [0.15, 0.2) is 6.61 Å². The van der Waals surface area contributed by atoms with Crippen LogP contribution in [0.3, 0.4) is 0 Å². The van der Waals surface area contributed by atoms with Crippen LogP contribution in [0.5, 0.6) is 5.75 Å². The molecule has 0 bridgehead atoms. The topological polar surface area (TPSA) is 91.2 Å². The minimum absolute atomic E-state index is 0.0455. The molecule has 35 heavy (non-hydrogen) atoms. The number of rotatable bonds is 7. The summed E-state index contributed by atoms with van der Waals surface area (Å²) in [5.41, 5.74) is 4.94. The van der Waals surface area contributed by atoms with E-state index >= 15 is 0 Å². The number of hydrogen-bond donors (Lipinski definition) is 2. The number of amides is 2. The molecule has 0 saturated heterocycles. The van der Waals surface area contributed by atoms with E-state index in [1.54, 1.807) is 24.3 Å². The van der Waals surface area contributed by atoms with Gasteiger partial charge in [0, 0.05) is 11.4 Å². The smallest absolute Gasteiger partial charge is 0.266 e. The Kier molecular flexibility index (Phi) is 8.85. The number of halogens is 2. The van der Waals surface area contributed by atoms with Crippen molar-refractivity contribution in [3.05, 3.63) is 91.4 Å². The maximum absolute atomic E-state index is 12.7. The Labute approximate surface area is 221 Å². The Morgan fingerprint density at radius 3 is 2.34 bits per heavy atom. The van der Waals surface area contributed by atoms with Gasteiger partial charge in [-0.25, -0.2) is 0 Å². The lowest BCUT2D eigenvalue weighted by Gasteiger charge is -2.12. The van der Waals surface area contributed by atoms with Crippen molar-refractivity contribution in [2.75, 3.05) is 17.2 Å². The van der Waals surface area contributed by atoms with Crippen molar-refractivity contribution in [2.45, 2.75) is 20.8 Å². The maximum atomic E-state index is 12.7. The van der Waals surface area contributed by atoms with Gasteiger partial charge in [-0.2, -0.15) is 5.26 Å². The SMILES string of the molecule is Cc1cccc(NC(=O)COc2c(Br)cc(/C=C(/C#N)C(=O)Nc3cccc(C)c3C)cc2Br)c1. The number of nitriles is 1. The molecule has 0 aliphatic heterocycles. The number of nitrogens with zero attached hydrogens (tertiary/aromatic N) is 1. The van der Waals surface area contributed by atoms with E-state index in [-0.39, 0.29) is 18.1 Å². The largest absolute Gasteiger partial charge is 0.481 e. The van der Waals surface area contributed by atoms with Crippen LogP contribution in [0.15, 0.2) is 69.1 Å². The Balaban J connectivity index is 1.71. The van der Waals surface area contributed by atoms with Gasteiger partial charge in [-0.1, -0.05) is 24.3 Å². The van der Waals surface area contributed by atoms with Crippen molar-refractivity contribution in [1.82, 2.24) is 0 Å². The summed E-state index contributed by atoms with van der Waals surface area (Å²) in [5, 5.41) is 15.2. The molecule has 6 nitrogen and oxygen atoms in total. The van der Waals surface area contributed by atoms with Crippen LogP contribution in [0.25, 0.3) is 6.08 Å². The Morgan fingerprint density at radius 2 is 1.69 bits per heavy atom. The number of carbonyl (C=O) groups excluding carboxylic acids is 2. The second-order valence-corrected chi connectivity index (χ2v) is 9.60. The first-order valence-corrected chi connectivity index (χ1v) is 12.2. The number of anilines is 2. The van der Waals surface area contributed by atoms with Crippen LogP contribution in [-0.2, 0) is 9.59 Å². The van der Waals surface area contributed by atoms with Crippen LogP contribution in [-0.4, -0.2) is 18.4 Å². The van der Waals surface area contributed by atoms with Gasteiger partial charge in [-0.05, 0) is 111 Å². The lowest BCUT2D eigenvalue weighted by atomic mass is 10.1. The first kappa shape index (κ1) is 26.2. The zero-order chi connectivity index (χ0) is 25.5. The first-order valence-electron chi connectivity index (χ1n) is 10.7. The van der Waals surface area contributed by atoms with Crippen LogP contribution in [0.2, 0.25) is 0 Å². The number of carbonyl (C=O) groups is 2. The predicted molar refractivity (Wildman–Crippen MR) is 145 cm³/mol. The molecule has 178 valence electrons. The lowest BCUT2D eigenvalue weighted by molar-refractivity contribution is -0.118. The van der Waals surface area contributed by atoms with Crippen LogP contribution in [0.1, 0.15) is 22.3 Å². The highest BCUT2D eigenvalue weighted by molar-refractivity contribution is 9.11. The molecule has 0 spiro atoms. The first-order chi connectivity index (χ1) is 16.7. The predicted octanol–water partition coefficient (Wildman–Crippen LogP) is 6.70. The maximum Gasteiger partial charge on any atom is 0.266 e. The van der Waals surface area contributed by atoms with Crippen molar-refractivity contribution in [3.8, 4) is 11.8 Å². The molecule has 2 N–H and O–H groups in total. The minimum atomic E-state index is -0.499. The Morgan fingerprint density at radius 1 is 1.00 bits per heavy atom. The van der Waals surface area contributed by atoms with E-state index in [1.165, 1.54) is 6.08 Å². The van der Waals surface area contributed by atoms with Gasteiger partial charge in [0.05, 0.1) is 8.95 Å². The van der Waals surface area contributed by atoms with Crippen LogP contribution >= 0.6 is 31.9 Å². The van der Waals surface area contributed by atoms with Crippen LogP contribution in [0.4, 0.5) is 11.4 Å². The number of nitrogens with one attached hydrogen (secondary N) is 2. The van der Waals surface area contributed by atoms with Gasteiger partial charge < -0.3 is 15.4 Å². The fraction of sp³-hybridized carbons (Fsp3) is 0.148. The molecular formula is C27H23Br2N3O3. The third-order valence-electron chi connectivity index (χ3n) is 5.20. The molecule has 0 radical (unpaired) electrons. The molecule has 3 aromatic rings. The van der Waals surface area contributed by atoms with E-state index < -0.39 is 5.91 Å². The summed E-state index contributed by atoms with van der Waals surface area (Å²) in [6.07, 6.45) is 1.49. The summed E-state index contributed by atoms with van der Waals surface area (Å²) >= 11 is 6.89. The van der Waals surface area contributed by atoms with Gasteiger partial charge in [-0.15, -0.1) is 0 Å². The average molecular weight is 597 g/mol. The third-order valence-corrected chi connectivity index (χ3v) is 6.38. The normalized spacial score (nSPS) is 10.9. The average Bonchev–Trinajstić information content (AvgIpc) is 2.80. The quantitative estimate of drug-likeness (QED) is 0.234. The summed E-state index contributed by atoms with van der Waals surface area (Å²) in [7, 11) is 0. The Bertz CT molecular complexity index is 1340. The second-order valence-electron chi connectivity index (χ2n) is 7.89. The summed E-state index contributed by atoms with van der Waals surface area (Å²) < 4.78 is 6.83. The molecule has 3 rings (SSSR count). The summed E-state index contributed by atoms with van der Waals surface area (Å²) in [6, 6.07) is 18.5. The highest BCUT2D eigenvalue weighted by atomic mass is 79.9. The van der Waals surface area contributed by atoms with Gasteiger partial charge in [-0.3, -0.25) is 9.59 Å². The van der Waals surface area contributed by atoms with E-state index in [9.17, 15) is 14.9 Å². The lowest BCUT2D eigenvalue weighted by Crippen LogP contribution is -2.20. The van der Waals surface area contributed by atoms with E-state index in [0.717, 1.165) is 16.7 Å². The molecule has 0 unspecified atom stereocenters. The highest BCUT2D eigenvalue weighted by Gasteiger charge is 2.15. The molecule has 0 fully saturated rings. The van der Waals surface area contributed by atoms with E-state index in [2.05, 4.69) is 42.5 Å². The molecule has 2 amide bonds. The fourth-order valence-corrected chi connectivity index (χ4v) is 4.70. The molecule has 0 saturated carbocycles. The summed E-state index contributed by atoms with van der Waals surface area (Å²) in [4.78, 5) is 25.0. The molecule has 0 atom stereocenters. The molecule has 0 aromatic heterocycles. The number of ether oxygens (including phenoxy) is 1. The standard InChI is InChI=1S/C27H23Br2N3O3/c1-16-6-4-8-21(10-16)31-25(33)15-35-26-22(28)12-19(13-23(26)29)11-20(14-30)27(34)32-24-9-5-7-17(2)18(24)3/h4-13H,15H2,1-3H3,(H,31,33)(H,32,34)/b20-11-.